The Kier molecular flexibility index (Phi) is 5.25. The first-order valence-electron chi connectivity index (χ1n) is 7.48. The molecule has 0 spiro atoms. The van der Waals surface area contributed by atoms with Crippen molar-refractivity contribution in [3.05, 3.63) is 59.4 Å². The number of amides is 1. The summed E-state index contributed by atoms with van der Waals surface area (Å²) in [5, 5.41) is 0. The van der Waals surface area contributed by atoms with Crippen LogP contribution < -0.4 is 4.74 Å². The van der Waals surface area contributed by atoms with Gasteiger partial charge in [-0.15, -0.1) is 0 Å². The molecule has 1 amide bonds. The van der Waals surface area contributed by atoms with Crippen LogP contribution in [-0.2, 0) is 5.67 Å². The summed E-state index contributed by atoms with van der Waals surface area (Å²) >= 11 is 0. The largest absolute Gasteiger partial charge is 0.454 e. The third-order valence-corrected chi connectivity index (χ3v) is 3.74. The molecule has 0 saturated carbocycles. The van der Waals surface area contributed by atoms with E-state index < -0.39 is 29.1 Å². The molecule has 140 valence electrons. The van der Waals surface area contributed by atoms with E-state index in [0.29, 0.717) is 6.92 Å². The fourth-order valence-electron chi connectivity index (χ4n) is 2.10. The molecule has 8 heteroatoms. The average Bonchev–Trinajstić information content (AvgIpc) is 2.55. The Labute approximate surface area is 147 Å². The molecule has 0 radical (unpaired) electrons. The van der Waals surface area contributed by atoms with Crippen LogP contribution in [0.15, 0.2) is 42.5 Å². The summed E-state index contributed by atoms with van der Waals surface area (Å²) in [4.78, 5) is 13.1. The summed E-state index contributed by atoms with van der Waals surface area (Å²) in [7, 11) is 3.04. The lowest BCUT2D eigenvalue weighted by Gasteiger charge is -2.24. The maximum absolute atomic E-state index is 14.1. The van der Waals surface area contributed by atoms with Crippen molar-refractivity contribution in [2.24, 2.45) is 0 Å². The van der Waals surface area contributed by atoms with Crippen LogP contribution in [-0.4, -0.2) is 31.1 Å². The molecular formula is C18H16F5NO2. The van der Waals surface area contributed by atoms with Gasteiger partial charge < -0.3 is 9.64 Å². The summed E-state index contributed by atoms with van der Waals surface area (Å²) in [6.07, 6.45) is -5.06. The number of carbonyl (C=O) groups is 1. The van der Waals surface area contributed by atoms with E-state index in [-0.39, 0.29) is 17.1 Å². The van der Waals surface area contributed by atoms with E-state index >= 15 is 0 Å². The number of hydrogen-bond donors (Lipinski definition) is 0. The van der Waals surface area contributed by atoms with Crippen molar-refractivity contribution in [1.82, 2.24) is 4.90 Å². The van der Waals surface area contributed by atoms with Crippen LogP contribution in [0.5, 0.6) is 11.5 Å². The van der Waals surface area contributed by atoms with Crippen LogP contribution in [0.3, 0.4) is 0 Å². The Bertz CT molecular complexity index is 798. The third kappa shape index (κ3) is 3.95. The van der Waals surface area contributed by atoms with Gasteiger partial charge in [-0.3, -0.25) is 4.79 Å². The fraction of sp³-hybridized carbons (Fsp3) is 0.278. The Morgan fingerprint density at radius 1 is 1.00 bits per heavy atom. The SMILES string of the molecule is CN(C)C(=O)c1ccc(Oc2ccc(C(C)(F)C(F)(F)F)cc2)c(F)c1. The van der Waals surface area contributed by atoms with Crippen molar-refractivity contribution in [3.8, 4) is 11.5 Å². The molecule has 0 bridgehead atoms. The zero-order chi connectivity index (χ0) is 19.7. The highest BCUT2D eigenvalue weighted by atomic mass is 19.4. The molecule has 2 aromatic carbocycles. The molecule has 1 unspecified atom stereocenters. The van der Waals surface area contributed by atoms with E-state index in [4.69, 9.17) is 4.74 Å². The fourth-order valence-corrected chi connectivity index (χ4v) is 2.10. The van der Waals surface area contributed by atoms with Gasteiger partial charge in [-0.25, -0.2) is 8.78 Å². The molecule has 0 aliphatic heterocycles. The summed E-state index contributed by atoms with van der Waals surface area (Å²) in [6.45, 7) is 0.420. The van der Waals surface area contributed by atoms with E-state index in [1.54, 1.807) is 0 Å². The second-order valence-electron chi connectivity index (χ2n) is 5.97. The Morgan fingerprint density at radius 3 is 2.04 bits per heavy atom. The molecule has 1 atom stereocenters. The van der Waals surface area contributed by atoms with E-state index in [2.05, 4.69) is 0 Å². The molecule has 0 N–H and O–H groups in total. The highest BCUT2D eigenvalue weighted by molar-refractivity contribution is 5.94. The number of alkyl halides is 4. The van der Waals surface area contributed by atoms with Crippen LogP contribution in [0.1, 0.15) is 22.8 Å². The lowest BCUT2D eigenvalue weighted by molar-refractivity contribution is -0.228. The highest BCUT2D eigenvalue weighted by Gasteiger charge is 2.53. The van der Waals surface area contributed by atoms with E-state index in [1.807, 2.05) is 0 Å². The second-order valence-corrected chi connectivity index (χ2v) is 5.97. The van der Waals surface area contributed by atoms with Gasteiger partial charge in [-0.2, -0.15) is 13.2 Å². The summed E-state index contributed by atoms with van der Waals surface area (Å²) in [5.74, 6) is -1.40. The third-order valence-electron chi connectivity index (χ3n) is 3.74. The molecule has 0 saturated heterocycles. The molecule has 0 aliphatic rings. The number of benzene rings is 2. The minimum atomic E-state index is -5.06. The minimum absolute atomic E-state index is 0.0253. The first-order valence-corrected chi connectivity index (χ1v) is 7.48. The van der Waals surface area contributed by atoms with Gasteiger partial charge in [0.1, 0.15) is 5.75 Å². The van der Waals surface area contributed by atoms with Crippen LogP contribution in [0.4, 0.5) is 22.0 Å². The van der Waals surface area contributed by atoms with Crippen molar-refractivity contribution in [2.75, 3.05) is 14.1 Å². The summed E-state index contributed by atoms with van der Waals surface area (Å²) in [6, 6.07) is 7.64. The number of halogens is 5. The molecule has 0 heterocycles. The van der Waals surface area contributed by atoms with Crippen LogP contribution in [0, 0.1) is 5.82 Å². The van der Waals surface area contributed by atoms with E-state index in [0.717, 1.165) is 30.3 Å². The summed E-state index contributed by atoms with van der Waals surface area (Å²) in [5.41, 5.74) is -3.98. The molecule has 0 fully saturated rings. The van der Waals surface area contributed by atoms with Gasteiger partial charge in [0.15, 0.2) is 11.6 Å². The normalized spacial score (nSPS) is 13.8. The van der Waals surface area contributed by atoms with Gasteiger partial charge in [0.05, 0.1) is 0 Å². The number of nitrogens with zero attached hydrogens (tertiary/aromatic N) is 1. The van der Waals surface area contributed by atoms with Crippen molar-refractivity contribution >= 4 is 5.91 Å². The predicted octanol–water partition coefficient (Wildman–Crippen LogP) is 5.07. The Balaban J connectivity index is 2.21. The molecule has 0 aliphatic carbocycles. The second kappa shape index (κ2) is 6.93. The van der Waals surface area contributed by atoms with Crippen molar-refractivity contribution in [1.29, 1.82) is 0 Å². The summed E-state index contributed by atoms with van der Waals surface area (Å²) < 4.78 is 71.3. The van der Waals surface area contributed by atoms with Crippen LogP contribution in [0.25, 0.3) is 0 Å². The van der Waals surface area contributed by atoms with Crippen LogP contribution in [0.2, 0.25) is 0 Å². The number of ether oxygens (including phenoxy) is 1. The number of carbonyl (C=O) groups excluding carboxylic acids is 1. The first-order chi connectivity index (χ1) is 11.9. The molecule has 26 heavy (non-hydrogen) atoms. The number of hydrogen-bond acceptors (Lipinski definition) is 2. The van der Waals surface area contributed by atoms with Gasteiger partial charge in [-0.05, 0) is 42.8 Å². The monoisotopic (exact) mass is 373 g/mol. The lowest BCUT2D eigenvalue weighted by Crippen LogP contribution is -2.34. The van der Waals surface area contributed by atoms with E-state index in [1.165, 1.54) is 31.1 Å². The molecule has 3 nitrogen and oxygen atoms in total. The lowest BCUT2D eigenvalue weighted by atomic mass is 9.97. The standard InChI is InChI=1S/C18H16F5NO2/c1-17(20,18(21,22)23)12-5-7-13(8-6-12)26-15-9-4-11(10-14(15)19)16(25)24(2)3/h4-10H,1-3H3. The molecule has 2 rings (SSSR count). The quantitative estimate of drug-likeness (QED) is 0.701. The topological polar surface area (TPSA) is 29.5 Å². The molecular weight excluding hydrogens is 357 g/mol. The Hall–Kier alpha value is -2.64. The molecule has 2 aromatic rings. The van der Waals surface area contributed by atoms with E-state index in [9.17, 15) is 26.7 Å². The van der Waals surface area contributed by atoms with Crippen molar-refractivity contribution < 1.29 is 31.5 Å². The highest BCUT2D eigenvalue weighted by Crippen LogP contribution is 2.42. The molecule has 0 aromatic heterocycles. The van der Waals surface area contributed by atoms with Gasteiger partial charge >= 0.3 is 6.18 Å². The van der Waals surface area contributed by atoms with Gasteiger partial charge in [0.25, 0.3) is 5.91 Å². The average molecular weight is 373 g/mol. The van der Waals surface area contributed by atoms with Gasteiger partial charge in [0, 0.05) is 19.7 Å². The maximum Gasteiger partial charge on any atom is 0.426 e. The smallest absolute Gasteiger partial charge is 0.426 e. The van der Waals surface area contributed by atoms with Crippen molar-refractivity contribution in [3.63, 3.8) is 0 Å². The minimum Gasteiger partial charge on any atom is -0.454 e. The van der Waals surface area contributed by atoms with Crippen molar-refractivity contribution in [2.45, 2.75) is 18.8 Å². The maximum atomic E-state index is 14.1. The van der Waals surface area contributed by atoms with Gasteiger partial charge in [-0.1, -0.05) is 12.1 Å². The zero-order valence-electron chi connectivity index (χ0n) is 14.2. The van der Waals surface area contributed by atoms with Gasteiger partial charge in [0.2, 0.25) is 5.67 Å². The predicted molar refractivity (Wildman–Crippen MR) is 85.4 cm³/mol. The Morgan fingerprint density at radius 2 is 1.58 bits per heavy atom. The first kappa shape index (κ1) is 19.7. The zero-order valence-corrected chi connectivity index (χ0v) is 14.2. The number of rotatable bonds is 4. The van der Waals surface area contributed by atoms with Crippen LogP contribution >= 0.6 is 0 Å².